The molecule has 0 aromatic rings. The molecule has 0 saturated heterocycles. The Labute approximate surface area is 125 Å². The Balaban J connectivity index is -0.000000197. The second-order valence-corrected chi connectivity index (χ2v) is 9.11. The molecule has 0 bridgehead atoms. The molecule has 0 aromatic carbocycles. The zero-order valence-electron chi connectivity index (χ0n) is 12.8. The Kier molecular flexibility index (Phi) is 34.7. The summed E-state index contributed by atoms with van der Waals surface area (Å²) in [5, 5.41) is 19.1. The van der Waals surface area contributed by atoms with Crippen LogP contribution >= 0.6 is 0 Å². The van der Waals surface area contributed by atoms with Crippen LogP contribution in [0.5, 0.6) is 0 Å². The molecule has 0 spiro atoms. The van der Waals surface area contributed by atoms with Crippen molar-refractivity contribution in [3.8, 4) is 0 Å². The van der Waals surface area contributed by atoms with Crippen molar-refractivity contribution in [3.05, 3.63) is 0 Å². The topological polar surface area (TPSA) is 72.1 Å². The molecule has 110 valence electrons. The van der Waals surface area contributed by atoms with Gasteiger partial charge in [-0.1, -0.05) is 39.5 Å². The van der Waals surface area contributed by atoms with Crippen LogP contribution in [-0.2, 0) is 0 Å². The first-order valence-electron chi connectivity index (χ1n) is 7.22. The first-order valence-corrected chi connectivity index (χ1v) is 11.3. The van der Waals surface area contributed by atoms with Crippen LogP contribution in [0, 0.1) is 0 Å². The average Bonchev–Trinajstić information content (AvgIpc) is 2.33. The molecule has 3 nitrogen and oxygen atoms in total. The molecule has 1 unspecified atom stereocenters. The molecule has 18 heavy (non-hydrogen) atoms. The van der Waals surface area contributed by atoms with Gasteiger partial charge >= 0.3 is 62.1 Å². The molecule has 0 aliphatic rings. The molecular weight excluding hydrogens is 333 g/mol. The van der Waals surface area contributed by atoms with E-state index in [1.807, 2.05) is 13.8 Å². The molecule has 0 radical (unpaired) electrons. The van der Waals surface area contributed by atoms with Gasteiger partial charge in [-0.2, -0.15) is 0 Å². The molecule has 0 aromatic heterocycles. The van der Waals surface area contributed by atoms with Crippen molar-refractivity contribution in [3.63, 3.8) is 0 Å². The number of hydrogen-bond acceptors (Lipinski definition) is 3. The minimum atomic E-state index is 0.0669. The van der Waals surface area contributed by atoms with Crippen LogP contribution < -0.4 is 15.9 Å². The van der Waals surface area contributed by atoms with Gasteiger partial charge in [0.25, 0.3) is 0 Å². The molecular formula is C14H33NO2Sn. The maximum atomic E-state index is 9.53. The van der Waals surface area contributed by atoms with Crippen LogP contribution in [0.15, 0.2) is 0 Å². The van der Waals surface area contributed by atoms with Gasteiger partial charge in [0.2, 0.25) is 0 Å². The molecule has 2 N–H and O–H groups in total. The van der Waals surface area contributed by atoms with Gasteiger partial charge in [-0.3, -0.25) is 0 Å². The van der Waals surface area contributed by atoms with E-state index in [9.17, 15) is 10.2 Å². The Bertz CT molecular complexity index is 104. The number of rotatable bonds is 8. The summed E-state index contributed by atoms with van der Waals surface area (Å²) in [6, 6.07) is 0.447. The average molecular weight is 366 g/mol. The van der Waals surface area contributed by atoms with E-state index in [1.165, 1.54) is 15.3 Å². The summed E-state index contributed by atoms with van der Waals surface area (Å²) in [6.45, 7) is 8.59. The van der Waals surface area contributed by atoms with Crippen LogP contribution in [0.3, 0.4) is 0 Å². The predicted molar refractivity (Wildman–Crippen MR) is 78.9 cm³/mol. The van der Waals surface area contributed by atoms with Gasteiger partial charge in [0.15, 0.2) is 0 Å². The van der Waals surface area contributed by atoms with E-state index < -0.39 is 0 Å². The second kappa shape index (κ2) is 26.3. The molecule has 0 fully saturated rings. The van der Waals surface area contributed by atoms with Crippen molar-refractivity contribution in [2.75, 3.05) is 13.2 Å². The van der Waals surface area contributed by atoms with Gasteiger partial charge in [-0.05, 0) is 0 Å². The number of hydrogen-bond donors (Lipinski definition) is 1. The SMILES string of the molecule is CCCC[O-].CCCC[O-].C[CH2][Sn+2][CH2]CC(C)N. The van der Waals surface area contributed by atoms with Crippen molar-refractivity contribution < 1.29 is 10.2 Å². The van der Waals surface area contributed by atoms with Gasteiger partial charge in [0.05, 0.1) is 0 Å². The van der Waals surface area contributed by atoms with E-state index in [-0.39, 0.29) is 34.4 Å². The fourth-order valence-electron chi connectivity index (χ4n) is 0.795. The Morgan fingerprint density at radius 3 is 1.61 bits per heavy atom. The van der Waals surface area contributed by atoms with Gasteiger partial charge in [-0.15, -0.1) is 13.2 Å². The van der Waals surface area contributed by atoms with Gasteiger partial charge in [0.1, 0.15) is 0 Å². The minimum absolute atomic E-state index is 0.0669. The van der Waals surface area contributed by atoms with Crippen molar-refractivity contribution in [1.29, 1.82) is 0 Å². The normalized spacial score (nSPS) is 10.4. The quantitative estimate of drug-likeness (QED) is 0.524. The summed E-state index contributed by atoms with van der Waals surface area (Å²) < 4.78 is 2.94. The van der Waals surface area contributed by atoms with E-state index in [1.54, 1.807) is 0 Å². The Morgan fingerprint density at radius 1 is 1.00 bits per heavy atom. The van der Waals surface area contributed by atoms with Crippen LogP contribution in [0.1, 0.15) is 59.8 Å². The van der Waals surface area contributed by atoms with Crippen LogP contribution in [0.2, 0.25) is 8.87 Å². The summed E-state index contributed by atoms with van der Waals surface area (Å²) in [6.07, 6.45) is 4.99. The van der Waals surface area contributed by atoms with Gasteiger partial charge in [-0.25, -0.2) is 0 Å². The van der Waals surface area contributed by atoms with E-state index in [4.69, 9.17) is 5.73 Å². The summed E-state index contributed by atoms with van der Waals surface area (Å²) in [5.41, 5.74) is 5.56. The third-order valence-corrected chi connectivity index (χ3v) is 5.28. The zero-order valence-corrected chi connectivity index (χ0v) is 15.7. The maximum absolute atomic E-state index is 9.53. The second-order valence-electron chi connectivity index (χ2n) is 4.23. The van der Waals surface area contributed by atoms with E-state index >= 15 is 0 Å². The van der Waals surface area contributed by atoms with E-state index in [0.717, 1.165) is 25.7 Å². The number of unbranched alkanes of at least 4 members (excludes halogenated alkanes) is 2. The van der Waals surface area contributed by atoms with Crippen molar-refractivity contribution in [2.24, 2.45) is 5.73 Å². The molecule has 4 heteroatoms. The fourth-order valence-corrected chi connectivity index (χ4v) is 3.69. The van der Waals surface area contributed by atoms with Gasteiger partial charge < -0.3 is 10.2 Å². The molecule has 0 aliphatic carbocycles. The van der Waals surface area contributed by atoms with E-state index in [2.05, 4.69) is 13.8 Å². The molecule has 0 rings (SSSR count). The molecule has 1 atom stereocenters. The summed E-state index contributed by atoms with van der Waals surface area (Å²) in [4.78, 5) is 0. The van der Waals surface area contributed by atoms with Crippen LogP contribution in [-0.4, -0.2) is 40.4 Å². The molecule has 0 saturated carbocycles. The van der Waals surface area contributed by atoms with Crippen LogP contribution in [0.25, 0.3) is 0 Å². The van der Waals surface area contributed by atoms with Crippen LogP contribution in [0.4, 0.5) is 0 Å². The summed E-state index contributed by atoms with van der Waals surface area (Å²) in [7, 11) is 0. The zero-order chi connectivity index (χ0) is 14.6. The summed E-state index contributed by atoms with van der Waals surface area (Å²) >= 11 is 0.0669. The van der Waals surface area contributed by atoms with Gasteiger partial charge in [0, 0.05) is 0 Å². The Hall–Kier alpha value is 0.679. The fraction of sp³-hybridized carbons (Fsp3) is 1.00. The predicted octanol–water partition coefficient (Wildman–Crippen LogP) is 1.58. The van der Waals surface area contributed by atoms with Crippen molar-refractivity contribution in [1.82, 2.24) is 0 Å². The molecule has 0 heterocycles. The third kappa shape index (κ3) is 43.8. The molecule has 0 aliphatic heterocycles. The summed E-state index contributed by atoms with van der Waals surface area (Å²) in [5.74, 6) is 0. The first-order chi connectivity index (χ1) is 8.60. The van der Waals surface area contributed by atoms with Crippen molar-refractivity contribution in [2.45, 2.75) is 74.7 Å². The van der Waals surface area contributed by atoms with Crippen molar-refractivity contribution >= 4 is 21.1 Å². The Morgan fingerprint density at radius 2 is 1.44 bits per heavy atom. The monoisotopic (exact) mass is 367 g/mol. The van der Waals surface area contributed by atoms with E-state index in [0.29, 0.717) is 6.04 Å². The standard InChI is InChI=1S/C4H10N.2C4H9O.C2H5.Sn/c1-3-4(2)5;2*1-2-3-4-5;1-2;/h4H,1,3,5H2,2H3;2*2-4H2,1H3;1H2,2H3;/q;2*-1;;+2. The number of nitrogens with two attached hydrogens (primary N) is 1. The first kappa shape index (κ1) is 23.7. The third-order valence-electron chi connectivity index (χ3n) is 2.02. The molecule has 0 amide bonds.